The number of carbonyl (C=O) groups excluding carboxylic acids is 2. The summed E-state index contributed by atoms with van der Waals surface area (Å²) in [4.78, 5) is 30.7. The fraction of sp³-hybridized carbons (Fsp3) is 0.375. The van der Waals surface area contributed by atoms with Gasteiger partial charge in [-0.15, -0.1) is 0 Å². The number of thiazole rings is 1. The lowest BCUT2D eigenvalue weighted by atomic mass is 10.1. The molecule has 0 aliphatic carbocycles. The first-order chi connectivity index (χ1) is 14.5. The van der Waals surface area contributed by atoms with Crippen LogP contribution in [0.15, 0.2) is 53.5 Å². The Bertz CT molecular complexity index is 1080. The Morgan fingerprint density at radius 2 is 1.80 bits per heavy atom. The van der Waals surface area contributed by atoms with Crippen LogP contribution in [0, 0.1) is 6.92 Å². The fourth-order valence-electron chi connectivity index (χ4n) is 3.41. The van der Waals surface area contributed by atoms with Gasteiger partial charge in [0.15, 0.2) is 4.80 Å². The average molecular weight is 424 g/mol. The summed E-state index contributed by atoms with van der Waals surface area (Å²) in [6, 6.07) is 14.9. The van der Waals surface area contributed by atoms with Gasteiger partial charge >= 0.3 is 0 Å². The number of unbranched alkanes of at least 4 members (excludes halogenated alkanes) is 2. The lowest BCUT2D eigenvalue weighted by molar-refractivity contribution is -0.124. The van der Waals surface area contributed by atoms with Gasteiger partial charge in [-0.1, -0.05) is 67.9 Å². The molecule has 0 spiro atoms. The second-order valence-electron chi connectivity index (χ2n) is 7.43. The molecule has 3 rings (SSSR count). The third-order valence-corrected chi connectivity index (χ3v) is 6.14. The molecule has 30 heavy (non-hydrogen) atoms. The summed E-state index contributed by atoms with van der Waals surface area (Å²) in [7, 11) is 0. The average Bonchev–Trinajstić information content (AvgIpc) is 3.10. The van der Waals surface area contributed by atoms with E-state index in [2.05, 4.69) is 17.2 Å². The van der Waals surface area contributed by atoms with Gasteiger partial charge in [-0.2, -0.15) is 4.99 Å². The van der Waals surface area contributed by atoms with Crippen LogP contribution in [0.3, 0.4) is 0 Å². The van der Waals surface area contributed by atoms with Gasteiger partial charge in [0, 0.05) is 12.1 Å². The SMILES string of the molecule is CCCCCNC(=O)C(CC)n1c(=NC(=O)c2ccc(C)cc2)sc2ccccc21. The highest BCUT2D eigenvalue weighted by Gasteiger charge is 2.22. The smallest absolute Gasteiger partial charge is 0.279 e. The lowest BCUT2D eigenvalue weighted by Crippen LogP contribution is -2.36. The van der Waals surface area contributed by atoms with Crippen molar-refractivity contribution in [2.45, 2.75) is 52.5 Å². The van der Waals surface area contributed by atoms with Crippen molar-refractivity contribution in [3.8, 4) is 0 Å². The summed E-state index contributed by atoms with van der Waals surface area (Å²) in [5.74, 6) is -0.324. The van der Waals surface area contributed by atoms with Gasteiger partial charge in [0.2, 0.25) is 5.91 Å². The fourth-order valence-corrected chi connectivity index (χ4v) is 4.47. The van der Waals surface area contributed by atoms with Gasteiger partial charge in [0.1, 0.15) is 6.04 Å². The Kier molecular flexibility index (Phi) is 7.57. The number of hydrogen-bond donors (Lipinski definition) is 1. The Balaban J connectivity index is 2.01. The molecule has 0 aliphatic rings. The predicted octanol–water partition coefficient (Wildman–Crippen LogP) is 5.01. The van der Waals surface area contributed by atoms with Gasteiger partial charge < -0.3 is 9.88 Å². The maximum atomic E-state index is 13.0. The standard InChI is InChI=1S/C24H29N3O2S/c1-4-6-9-16-25-23(29)19(5-2)27-20-10-7-8-11-21(20)30-24(27)26-22(28)18-14-12-17(3)13-15-18/h7-8,10-15,19H,4-6,9,16H2,1-3H3,(H,25,29). The molecule has 2 aromatic carbocycles. The largest absolute Gasteiger partial charge is 0.354 e. The minimum Gasteiger partial charge on any atom is -0.354 e. The Morgan fingerprint density at radius 1 is 1.07 bits per heavy atom. The van der Waals surface area contributed by atoms with Crippen LogP contribution in [0.1, 0.15) is 61.5 Å². The van der Waals surface area contributed by atoms with Gasteiger partial charge in [-0.05, 0) is 44.0 Å². The first-order valence-corrected chi connectivity index (χ1v) is 11.4. The van der Waals surface area contributed by atoms with Crippen LogP contribution in [0.4, 0.5) is 0 Å². The maximum absolute atomic E-state index is 13.0. The van der Waals surface area contributed by atoms with E-state index in [1.54, 1.807) is 12.1 Å². The van der Waals surface area contributed by atoms with Crippen molar-refractivity contribution in [3.63, 3.8) is 0 Å². The van der Waals surface area contributed by atoms with Gasteiger partial charge in [-0.25, -0.2) is 0 Å². The number of rotatable bonds is 8. The van der Waals surface area contributed by atoms with Crippen LogP contribution in [0.25, 0.3) is 10.2 Å². The van der Waals surface area contributed by atoms with E-state index in [0.717, 1.165) is 35.0 Å². The summed E-state index contributed by atoms with van der Waals surface area (Å²) < 4.78 is 2.92. The van der Waals surface area contributed by atoms with E-state index >= 15 is 0 Å². The molecule has 1 unspecified atom stereocenters. The van der Waals surface area contributed by atoms with Crippen molar-refractivity contribution in [1.29, 1.82) is 0 Å². The lowest BCUT2D eigenvalue weighted by Gasteiger charge is -2.18. The second kappa shape index (κ2) is 10.3. The van der Waals surface area contributed by atoms with Crippen molar-refractivity contribution in [2.75, 3.05) is 6.54 Å². The number of nitrogens with one attached hydrogen (secondary N) is 1. The molecule has 0 saturated heterocycles. The van der Waals surface area contributed by atoms with E-state index in [9.17, 15) is 9.59 Å². The number of nitrogens with zero attached hydrogens (tertiary/aromatic N) is 2. The van der Waals surface area contributed by atoms with E-state index < -0.39 is 6.04 Å². The van der Waals surface area contributed by atoms with Gasteiger partial charge in [-0.3, -0.25) is 9.59 Å². The highest BCUT2D eigenvalue weighted by atomic mass is 32.1. The summed E-state index contributed by atoms with van der Waals surface area (Å²) >= 11 is 1.44. The molecular formula is C24H29N3O2S. The Morgan fingerprint density at radius 3 is 2.50 bits per heavy atom. The molecular weight excluding hydrogens is 394 g/mol. The van der Waals surface area contributed by atoms with Crippen LogP contribution in [0.2, 0.25) is 0 Å². The topological polar surface area (TPSA) is 63.5 Å². The number of fused-ring (bicyclic) bond motifs is 1. The molecule has 0 fully saturated rings. The second-order valence-corrected chi connectivity index (χ2v) is 8.44. The molecule has 0 aliphatic heterocycles. The quantitative estimate of drug-likeness (QED) is 0.518. The first kappa shape index (κ1) is 22.0. The Labute approximate surface area is 181 Å². The number of aromatic nitrogens is 1. The molecule has 1 N–H and O–H groups in total. The highest BCUT2D eigenvalue weighted by Crippen LogP contribution is 2.22. The zero-order valence-electron chi connectivity index (χ0n) is 17.9. The summed E-state index contributed by atoms with van der Waals surface area (Å²) in [5.41, 5.74) is 2.56. The molecule has 6 heteroatoms. The van der Waals surface area contributed by atoms with E-state index in [1.165, 1.54) is 11.3 Å². The number of carbonyl (C=O) groups is 2. The normalized spacial score (nSPS) is 12.8. The summed E-state index contributed by atoms with van der Waals surface area (Å²) in [6.07, 6.45) is 3.79. The van der Waals surface area contributed by atoms with Crippen molar-refractivity contribution in [3.05, 3.63) is 64.5 Å². The predicted molar refractivity (Wildman–Crippen MR) is 123 cm³/mol. The van der Waals surface area contributed by atoms with Crippen molar-refractivity contribution >= 4 is 33.4 Å². The number of aryl methyl sites for hydroxylation is 1. The third-order valence-electron chi connectivity index (χ3n) is 5.11. The summed E-state index contributed by atoms with van der Waals surface area (Å²) in [5, 5.41) is 3.06. The molecule has 1 aromatic heterocycles. The van der Waals surface area contributed by atoms with Crippen LogP contribution in [-0.2, 0) is 4.79 Å². The van der Waals surface area contributed by atoms with E-state index in [4.69, 9.17) is 0 Å². The molecule has 5 nitrogen and oxygen atoms in total. The maximum Gasteiger partial charge on any atom is 0.279 e. The van der Waals surface area contributed by atoms with Gasteiger partial charge in [0.05, 0.1) is 10.2 Å². The van der Waals surface area contributed by atoms with Crippen LogP contribution in [0.5, 0.6) is 0 Å². The van der Waals surface area contributed by atoms with Crippen LogP contribution >= 0.6 is 11.3 Å². The summed E-state index contributed by atoms with van der Waals surface area (Å²) in [6.45, 7) is 6.78. The Hall–Kier alpha value is -2.73. The first-order valence-electron chi connectivity index (χ1n) is 10.6. The van der Waals surface area contributed by atoms with Crippen LogP contribution < -0.4 is 10.1 Å². The molecule has 158 valence electrons. The molecule has 1 atom stereocenters. The van der Waals surface area contributed by atoms with Crippen LogP contribution in [-0.4, -0.2) is 22.9 Å². The monoisotopic (exact) mass is 423 g/mol. The highest BCUT2D eigenvalue weighted by molar-refractivity contribution is 7.16. The molecule has 0 bridgehead atoms. The molecule has 0 radical (unpaired) electrons. The van der Waals surface area contributed by atoms with Crippen molar-refractivity contribution < 1.29 is 9.59 Å². The number of para-hydroxylation sites is 1. The minimum absolute atomic E-state index is 0.0265. The minimum atomic E-state index is -0.410. The number of benzene rings is 2. The van der Waals surface area contributed by atoms with E-state index in [0.29, 0.717) is 23.3 Å². The number of hydrogen-bond acceptors (Lipinski definition) is 3. The molecule has 1 heterocycles. The molecule has 0 saturated carbocycles. The zero-order valence-corrected chi connectivity index (χ0v) is 18.7. The third kappa shape index (κ3) is 5.05. The van der Waals surface area contributed by atoms with E-state index in [-0.39, 0.29) is 11.8 Å². The van der Waals surface area contributed by atoms with Crippen molar-refractivity contribution in [2.24, 2.45) is 4.99 Å². The molecule has 2 amide bonds. The van der Waals surface area contributed by atoms with Crippen molar-refractivity contribution in [1.82, 2.24) is 9.88 Å². The van der Waals surface area contributed by atoms with E-state index in [1.807, 2.05) is 54.8 Å². The zero-order chi connectivity index (χ0) is 21.5. The van der Waals surface area contributed by atoms with Gasteiger partial charge in [0.25, 0.3) is 5.91 Å². The molecule has 3 aromatic rings. The number of amides is 2.